The van der Waals surface area contributed by atoms with Crippen molar-refractivity contribution in [2.24, 2.45) is 0 Å². The van der Waals surface area contributed by atoms with Gasteiger partial charge in [0.25, 0.3) is 5.91 Å². The summed E-state index contributed by atoms with van der Waals surface area (Å²) in [6.45, 7) is 0.808. The van der Waals surface area contributed by atoms with Gasteiger partial charge in [0.2, 0.25) is 0 Å². The molecule has 0 fully saturated rings. The first-order chi connectivity index (χ1) is 11.1. The second-order valence-electron chi connectivity index (χ2n) is 5.38. The van der Waals surface area contributed by atoms with Crippen LogP contribution in [0.5, 0.6) is 5.75 Å². The number of halogens is 2. The summed E-state index contributed by atoms with van der Waals surface area (Å²) in [6, 6.07) is 7.86. The number of rotatable bonds is 5. The number of carbonyl (C=O) groups excluding carboxylic acids is 1. The Morgan fingerprint density at radius 3 is 3.00 bits per heavy atom. The minimum Gasteiger partial charge on any atom is -0.492 e. The second kappa shape index (κ2) is 7.32. The van der Waals surface area contributed by atoms with Crippen LogP contribution in [0.15, 0.2) is 34.9 Å². The summed E-state index contributed by atoms with van der Waals surface area (Å²) in [4.78, 5) is 16.0. The lowest BCUT2D eigenvalue weighted by molar-refractivity contribution is 0.0946. The molecule has 0 saturated heterocycles. The highest BCUT2D eigenvalue weighted by atomic mass is 79.9. The molecule has 1 aliphatic rings. The average molecular weight is 396 g/mol. The van der Waals surface area contributed by atoms with Gasteiger partial charge in [-0.3, -0.25) is 4.79 Å². The van der Waals surface area contributed by atoms with Crippen LogP contribution in [0.1, 0.15) is 27.9 Å². The van der Waals surface area contributed by atoms with Crippen molar-refractivity contribution in [3.63, 3.8) is 0 Å². The molecule has 0 radical (unpaired) electrons. The number of nitrogens with one attached hydrogen (secondary N) is 1. The van der Waals surface area contributed by atoms with Crippen LogP contribution in [0, 0.1) is 0 Å². The molecule has 120 valence electrons. The molecule has 1 aromatic carbocycles. The van der Waals surface area contributed by atoms with E-state index in [4.69, 9.17) is 16.3 Å². The van der Waals surface area contributed by atoms with Crippen molar-refractivity contribution in [3.8, 4) is 5.75 Å². The molecular formula is C17H16BrClN2O2. The van der Waals surface area contributed by atoms with Gasteiger partial charge in [-0.2, -0.15) is 0 Å². The van der Waals surface area contributed by atoms with Crippen molar-refractivity contribution in [2.45, 2.75) is 19.3 Å². The first-order valence-electron chi connectivity index (χ1n) is 7.47. The Bertz CT molecular complexity index is 737. The van der Waals surface area contributed by atoms with Gasteiger partial charge in [0, 0.05) is 10.7 Å². The lowest BCUT2D eigenvalue weighted by Gasteiger charge is -2.10. The van der Waals surface area contributed by atoms with Gasteiger partial charge in [-0.1, -0.05) is 17.7 Å². The largest absolute Gasteiger partial charge is 0.492 e. The number of ether oxygens (including phenoxy) is 1. The van der Waals surface area contributed by atoms with E-state index in [-0.39, 0.29) is 11.1 Å². The number of pyridine rings is 1. The van der Waals surface area contributed by atoms with E-state index < -0.39 is 0 Å². The van der Waals surface area contributed by atoms with Crippen LogP contribution in [0.25, 0.3) is 0 Å². The van der Waals surface area contributed by atoms with Crippen molar-refractivity contribution >= 4 is 33.4 Å². The number of amides is 1. The first-order valence-corrected chi connectivity index (χ1v) is 8.64. The third-order valence-electron chi connectivity index (χ3n) is 3.78. The van der Waals surface area contributed by atoms with Gasteiger partial charge in [0.15, 0.2) is 0 Å². The lowest BCUT2D eigenvalue weighted by Crippen LogP contribution is -2.28. The standard InChI is InChI=1S/C17H16BrClN2O2/c18-13-9-15(16(19)21-10-13)17(22)20-6-7-23-14-5-4-11-2-1-3-12(11)8-14/h4-5,8-10H,1-3,6-7H2,(H,20,22). The molecule has 0 spiro atoms. The van der Waals surface area contributed by atoms with E-state index in [0.29, 0.717) is 23.2 Å². The zero-order chi connectivity index (χ0) is 16.2. The smallest absolute Gasteiger partial charge is 0.254 e. The molecule has 6 heteroatoms. The molecular weight excluding hydrogens is 380 g/mol. The van der Waals surface area contributed by atoms with Crippen LogP contribution in [0.2, 0.25) is 5.15 Å². The summed E-state index contributed by atoms with van der Waals surface area (Å²) in [5, 5.41) is 2.97. The highest BCUT2D eigenvalue weighted by Gasteiger charge is 2.13. The second-order valence-corrected chi connectivity index (χ2v) is 6.65. The van der Waals surface area contributed by atoms with E-state index in [9.17, 15) is 4.79 Å². The summed E-state index contributed by atoms with van der Waals surface area (Å²) in [7, 11) is 0. The van der Waals surface area contributed by atoms with Crippen LogP contribution in [0.4, 0.5) is 0 Å². The predicted octanol–water partition coefficient (Wildman–Crippen LogP) is 3.80. The monoisotopic (exact) mass is 394 g/mol. The summed E-state index contributed by atoms with van der Waals surface area (Å²) >= 11 is 9.21. The zero-order valence-corrected chi connectivity index (χ0v) is 14.8. The Labute approximate surface area is 148 Å². The Morgan fingerprint density at radius 2 is 2.13 bits per heavy atom. The van der Waals surface area contributed by atoms with Crippen molar-refractivity contribution in [2.75, 3.05) is 13.2 Å². The van der Waals surface area contributed by atoms with Gasteiger partial charge >= 0.3 is 0 Å². The molecule has 1 aliphatic carbocycles. The molecule has 1 amide bonds. The quantitative estimate of drug-likeness (QED) is 0.619. The number of aryl methyl sites for hydroxylation is 2. The third kappa shape index (κ3) is 4.03. The maximum Gasteiger partial charge on any atom is 0.254 e. The van der Waals surface area contributed by atoms with Crippen molar-refractivity contribution in [1.82, 2.24) is 10.3 Å². The summed E-state index contributed by atoms with van der Waals surface area (Å²) in [5.74, 6) is 0.586. The maximum atomic E-state index is 12.1. The van der Waals surface area contributed by atoms with Crippen molar-refractivity contribution in [1.29, 1.82) is 0 Å². The van der Waals surface area contributed by atoms with Crippen LogP contribution in [0.3, 0.4) is 0 Å². The van der Waals surface area contributed by atoms with Crippen molar-refractivity contribution < 1.29 is 9.53 Å². The number of aromatic nitrogens is 1. The third-order valence-corrected chi connectivity index (χ3v) is 4.51. The minimum absolute atomic E-state index is 0.185. The maximum absolute atomic E-state index is 12.1. The van der Waals surface area contributed by atoms with E-state index in [0.717, 1.165) is 18.6 Å². The van der Waals surface area contributed by atoms with Crippen LogP contribution < -0.4 is 10.1 Å². The van der Waals surface area contributed by atoms with Gasteiger partial charge < -0.3 is 10.1 Å². The van der Waals surface area contributed by atoms with Gasteiger partial charge in [-0.25, -0.2) is 4.98 Å². The van der Waals surface area contributed by atoms with Gasteiger partial charge in [-0.05, 0) is 64.5 Å². The zero-order valence-electron chi connectivity index (χ0n) is 12.4. The Kier molecular flexibility index (Phi) is 5.18. The Morgan fingerprint density at radius 1 is 1.30 bits per heavy atom. The molecule has 0 unspecified atom stereocenters. The topological polar surface area (TPSA) is 51.2 Å². The minimum atomic E-state index is -0.263. The fraction of sp³-hybridized carbons (Fsp3) is 0.294. The van der Waals surface area contributed by atoms with Gasteiger partial charge in [-0.15, -0.1) is 0 Å². The molecule has 0 atom stereocenters. The summed E-state index contributed by atoms with van der Waals surface area (Å²) < 4.78 is 6.41. The molecule has 1 aromatic heterocycles. The fourth-order valence-electron chi connectivity index (χ4n) is 2.65. The molecule has 0 aliphatic heterocycles. The first kappa shape index (κ1) is 16.3. The summed E-state index contributed by atoms with van der Waals surface area (Å²) in [5.41, 5.74) is 3.14. The lowest BCUT2D eigenvalue weighted by atomic mass is 10.1. The van der Waals surface area contributed by atoms with E-state index >= 15 is 0 Å². The predicted molar refractivity (Wildman–Crippen MR) is 93.2 cm³/mol. The molecule has 0 saturated carbocycles. The van der Waals surface area contributed by atoms with Crippen LogP contribution in [-0.4, -0.2) is 24.0 Å². The molecule has 0 bridgehead atoms. The van der Waals surface area contributed by atoms with E-state index in [1.807, 2.05) is 6.07 Å². The highest BCUT2D eigenvalue weighted by molar-refractivity contribution is 9.10. The SMILES string of the molecule is O=C(NCCOc1ccc2c(c1)CCC2)c1cc(Br)cnc1Cl. The number of benzene rings is 1. The number of carbonyl (C=O) groups is 1. The molecule has 3 rings (SSSR count). The normalized spacial score (nSPS) is 12.8. The Balaban J connectivity index is 1.50. The summed E-state index contributed by atoms with van der Waals surface area (Å²) in [6.07, 6.45) is 5.05. The van der Waals surface area contributed by atoms with E-state index in [1.54, 1.807) is 12.3 Å². The van der Waals surface area contributed by atoms with E-state index in [2.05, 4.69) is 38.4 Å². The molecule has 2 aromatic rings. The van der Waals surface area contributed by atoms with Crippen molar-refractivity contribution in [3.05, 3.63) is 56.8 Å². The van der Waals surface area contributed by atoms with Crippen LogP contribution >= 0.6 is 27.5 Å². The molecule has 23 heavy (non-hydrogen) atoms. The number of hydrogen-bond donors (Lipinski definition) is 1. The van der Waals surface area contributed by atoms with E-state index in [1.165, 1.54) is 17.5 Å². The molecule has 4 nitrogen and oxygen atoms in total. The Hall–Kier alpha value is -1.59. The van der Waals surface area contributed by atoms with Gasteiger partial charge in [0.05, 0.1) is 12.1 Å². The average Bonchev–Trinajstić information content (AvgIpc) is 3.01. The number of nitrogens with zero attached hydrogens (tertiary/aromatic N) is 1. The van der Waals surface area contributed by atoms with Crippen LogP contribution in [-0.2, 0) is 12.8 Å². The molecule has 1 N–H and O–H groups in total. The highest BCUT2D eigenvalue weighted by Crippen LogP contribution is 2.25. The van der Waals surface area contributed by atoms with Gasteiger partial charge in [0.1, 0.15) is 17.5 Å². The number of hydrogen-bond acceptors (Lipinski definition) is 3. The molecule has 1 heterocycles. The number of fused-ring (bicyclic) bond motifs is 1. The fourth-order valence-corrected chi connectivity index (χ4v) is 3.17.